The Hall–Kier alpha value is -1.35. The highest BCUT2D eigenvalue weighted by Gasteiger charge is 2.11. The summed E-state index contributed by atoms with van der Waals surface area (Å²) >= 11 is 0. The minimum absolute atomic E-state index is 0.559. The first-order valence-electron chi connectivity index (χ1n) is 5.22. The molecule has 3 nitrogen and oxygen atoms in total. The monoisotopic (exact) mass is 204 g/mol. The molecule has 2 rings (SSSR count). The van der Waals surface area contributed by atoms with Crippen LogP contribution in [-0.4, -0.2) is 31.0 Å². The fourth-order valence-corrected chi connectivity index (χ4v) is 1.70. The summed E-state index contributed by atoms with van der Waals surface area (Å²) in [4.78, 5) is 12.6. The number of hydrogen-bond acceptors (Lipinski definition) is 3. The largest absolute Gasteiger partial charge is 0.478 e. The zero-order valence-electron chi connectivity index (χ0n) is 8.61. The minimum Gasteiger partial charge on any atom is -0.478 e. The summed E-state index contributed by atoms with van der Waals surface area (Å²) in [5, 5.41) is 0. The summed E-state index contributed by atoms with van der Waals surface area (Å²) in [6.45, 7) is 2.89. The second-order valence-corrected chi connectivity index (χ2v) is 3.73. The molecular weight excluding hydrogens is 190 g/mol. The SMILES string of the molecule is O=[C]c1ccc(OCN2CCCC2)cc1. The van der Waals surface area contributed by atoms with Gasteiger partial charge in [0.25, 0.3) is 0 Å². The average molecular weight is 204 g/mol. The van der Waals surface area contributed by atoms with Crippen molar-refractivity contribution >= 4 is 6.29 Å². The highest BCUT2D eigenvalue weighted by atomic mass is 16.5. The number of rotatable bonds is 4. The summed E-state index contributed by atoms with van der Waals surface area (Å²) in [7, 11) is 0. The summed E-state index contributed by atoms with van der Waals surface area (Å²) in [5.74, 6) is 0.806. The first-order chi connectivity index (χ1) is 7.38. The number of ether oxygens (including phenoxy) is 1. The number of carbonyl (C=O) groups excluding carboxylic acids is 1. The van der Waals surface area contributed by atoms with Crippen molar-refractivity contribution in [3.8, 4) is 5.75 Å². The Morgan fingerprint density at radius 2 is 1.87 bits per heavy atom. The average Bonchev–Trinajstić information content (AvgIpc) is 2.80. The van der Waals surface area contributed by atoms with Crippen molar-refractivity contribution in [1.82, 2.24) is 4.90 Å². The van der Waals surface area contributed by atoms with E-state index in [1.54, 1.807) is 24.3 Å². The van der Waals surface area contributed by atoms with Gasteiger partial charge < -0.3 is 4.74 Å². The molecule has 0 atom stereocenters. The van der Waals surface area contributed by atoms with Crippen molar-refractivity contribution in [2.75, 3.05) is 19.8 Å². The van der Waals surface area contributed by atoms with Crippen LogP contribution in [0.3, 0.4) is 0 Å². The van der Waals surface area contributed by atoms with Gasteiger partial charge in [-0.25, -0.2) is 0 Å². The van der Waals surface area contributed by atoms with Gasteiger partial charge in [-0.2, -0.15) is 0 Å². The van der Waals surface area contributed by atoms with Crippen LogP contribution in [0, 0.1) is 0 Å². The van der Waals surface area contributed by atoms with E-state index in [-0.39, 0.29) is 0 Å². The Balaban J connectivity index is 1.84. The lowest BCUT2D eigenvalue weighted by Crippen LogP contribution is -2.24. The molecule has 0 aliphatic carbocycles. The van der Waals surface area contributed by atoms with Gasteiger partial charge in [0.05, 0.1) is 0 Å². The van der Waals surface area contributed by atoms with E-state index in [1.165, 1.54) is 12.8 Å². The van der Waals surface area contributed by atoms with Crippen LogP contribution in [0.15, 0.2) is 24.3 Å². The summed E-state index contributed by atoms with van der Waals surface area (Å²) in [6, 6.07) is 7.03. The second kappa shape index (κ2) is 4.94. The molecule has 0 unspecified atom stereocenters. The molecule has 1 saturated heterocycles. The van der Waals surface area contributed by atoms with E-state index in [4.69, 9.17) is 4.74 Å². The molecule has 0 N–H and O–H groups in total. The van der Waals surface area contributed by atoms with E-state index in [0.29, 0.717) is 12.3 Å². The van der Waals surface area contributed by atoms with E-state index < -0.39 is 0 Å². The van der Waals surface area contributed by atoms with Crippen LogP contribution in [0.25, 0.3) is 0 Å². The molecule has 1 aliphatic heterocycles. The third-order valence-corrected chi connectivity index (χ3v) is 2.58. The van der Waals surface area contributed by atoms with Crippen molar-refractivity contribution in [1.29, 1.82) is 0 Å². The van der Waals surface area contributed by atoms with Gasteiger partial charge in [0.1, 0.15) is 12.5 Å². The molecule has 1 aromatic carbocycles. The number of hydrogen-bond donors (Lipinski definition) is 0. The maximum Gasteiger partial charge on any atom is 0.233 e. The molecule has 0 saturated carbocycles. The first kappa shape index (κ1) is 10.2. The van der Waals surface area contributed by atoms with E-state index in [2.05, 4.69) is 4.90 Å². The van der Waals surface area contributed by atoms with Crippen LogP contribution in [-0.2, 0) is 4.79 Å². The van der Waals surface area contributed by atoms with Gasteiger partial charge in [-0.15, -0.1) is 0 Å². The predicted octanol–water partition coefficient (Wildman–Crippen LogP) is 1.58. The molecule has 15 heavy (non-hydrogen) atoms. The quantitative estimate of drug-likeness (QED) is 0.745. The molecule has 0 aromatic heterocycles. The Kier molecular flexibility index (Phi) is 3.35. The van der Waals surface area contributed by atoms with Crippen LogP contribution in [0.1, 0.15) is 18.4 Å². The topological polar surface area (TPSA) is 29.5 Å². The highest BCUT2D eigenvalue weighted by Crippen LogP contribution is 2.13. The molecule has 1 aromatic rings. The standard InChI is InChI=1S/C12H14NO2/c14-9-11-3-5-12(6-4-11)15-10-13-7-1-2-8-13/h3-6H,1-2,7-8,10H2. The lowest BCUT2D eigenvalue weighted by molar-refractivity contribution is 0.152. The molecular formula is C12H14NO2. The maximum atomic E-state index is 10.3. The summed E-state index contributed by atoms with van der Waals surface area (Å²) in [5.41, 5.74) is 0.559. The second-order valence-electron chi connectivity index (χ2n) is 3.73. The van der Waals surface area contributed by atoms with Gasteiger partial charge in [0.2, 0.25) is 6.29 Å². The van der Waals surface area contributed by atoms with Gasteiger partial charge in [0.15, 0.2) is 0 Å². The van der Waals surface area contributed by atoms with Crippen molar-refractivity contribution in [2.45, 2.75) is 12.8 Å². The van der Waals surface area contributed by atoms with Crippen molar-refractivity contribution in [3.05, 3.63) is 29.8 Å². The zero-order chi connectivity index (χ0) is 10.5. The first-order valence-corrected chi connectivity index (χ1v) is 5.22. The third kappa shape index (κ3) is 2.80. The molecule has 0 spiro atoms. The predicted molar refractivity (Wildman–Crippen MR) is 57.5 cm³/mol. The van der Waals surface area contributed by atoms with Gasteiger partial charge >= 0.3 is 0 Å². The highest BCUT2D eigenvalue weighted by molar-refractivity contribution is 5.75. The molecule has 1 fully saturated rings. The van der Waals surface area contributed by atoms with Crippen LogP contribution in [0.5, 0.6) is 5.75 Å². The number of likely N-dealkylation sites (tertiary alicyclic amines) is 1. The van der Waals surface area contributed by atoms with Gasteiger partial charge in [0, 0.05) is 18.7 Å². The van der Waals surface area contributed by atoms with Crippen molar-refractivity contribution in [2.24, 2.45) is 0 Å². The molecule has 0 bridgehead atoms. The van der Waals surface area contributed by atoms with Gasteiger partial charge in [-0.3, -0.25) is 9.69 Å². The number of benzene rings is 1. The van der Waals surface area contributed by atoms with E-state index in [9.17, 15) is 4.79 Å². The lowest BCUT2D eigenvalue weighted by atomic mass is 10.2. The van der Waals surface area contributed by atoms with Crippen LogP contribution in [0.4, 0.5) is 0 Å². The lowest BCUT2D eigenvalue weighted by Gasteiger charge is -2.15. The molecule has 3 heteroatoms. The summed E-state index contributed by atoms with van der Waals surface area (Å²) in [6.07, 6.45) is 4.37. The Labute approximate surface area is 89.7 Å². The molecule has 0 amide bonds. The third-order valence-electron chi connectivity index (χ3n) is 2.58. The van der Waals surface area contributed by atoms with Crippen LogP contribution < -0.4 is 4.74 Å². The molecule has 79 valence electrons. The Morgan fingerprint density at radius 1 is 1.20 bits per heavy atom. The normalized spacial score (nSPS) is 16.5. The Bertz CT molecular complexity index is 315. The van der Waals surface area contributed by atoms with Crippen molar-refractivity contribution < 1.29 is 9.53 Å². The number of nitrogens with zero attached hydrogens (tertiary/aromatic N) is 1. The molecule has 1 radical (unpaired) electrons. The van der Waals surface area contributed by atoms with Gasteiger partial charge in [-0.05, 0) is 37.1 Å². The smallest absolute Gasteiger partial charge is 0.233 e. The van der Waals surface area contributed by atoms with Crippen LogP contribution >= 0.6 is 0 Å². The van der Waals surface area contributed by atoms with E-state index in [0.717, 1.165) is 18.8 Å². The maximum absolute atomic E-state index is 10.3. The summed E-state index contributed by atoms with van der Waals surface area (Å²) < 4.78 is 5.59. The minimum atomic E-state index is 0.559. The fraction of sp³-hybridized carbons (Fsp3) is 0.417. The zero-order valence-corrected chi connectivity index (χ0v) is 8.61. The molecule has 1 heterocycles. The Morgan fingerprint density at radius 3 is 2.47 bits per heavy atom. The fourth-order valence-electron chi connectivity index (χ4n) is 1.70. The van der Waals surface area contributed by atoms with Crippen LogP contribution in [0.2, 0.25) is 0 Å². The van der Waals surface area contributed by atoms with E-state index >= 15 is 0 Å². The van der Waals surface area contributed by atoms with Gasteiger partial charge in [-0.1, -0.05) is 0 Å². The molecule has 1 aliphatic rings. The van der Waals surface area contributed by atoms with Crippen molar-refractivity contribution in [3.63, 3.8) is 0 Å². The van der Waals surface area contributed by atoms with E-state index in [1.807, 2.05) is 6.29 Å².